The molecule has 0 aromatic heterocycles. The lowest BCUT2D eigenvalue weighted by Crippen LogP contribution is -2.50. The minimum absolute atomic E-state index is 0.280. The van der Waals surface area contributed by atoms with Crippen LogP contribution < -0.4 is 5.32 Å². The zero-order valence-electron chi connectivity index (χ0n) is 18.8. The summed E-state index contributed by atoms with van der Waals surface area (Å²) in [5.74, 6) is -1.55. The molecule has 0 bridgehead atoms. The second-order valence-corrected chi connectivity index (χ2v) is 9.55. The monoisotopic (exact) mass is 449 g/mol. The molecule has 30 heavy (non-hydrogen) atoms. The molecule has 0 aromatic rings. The highest BCUT2D eigenvalue weighted by atomic mass is 32.2. The first-order valence-electron chi connectivity index (χ1n) is 11.5. The van der Waals surface area contributed by atoms with Gasteiger partial charge in [-0.3, -0.25) is 9.35 Å². The normalized spacial score (nSPS) is 15.2. The maximum atomic E-state index is 12.2. The Morgan fingerprint density at radius 1 is 0.900 bits per heavy atom. The third-order valence-corrected chi connectivity index (χ3v) is 5.85. The van der Waals surface area contributed by atoms with Crippen LogP contribution >= 0.6 is 0 Å². The fourth-order valence-corrected chi connectivity index (χ4v) is 3.95. The van der Waals surface area contributed by atoms with E-state index in [0.29, 0.717) is 6.42 Å². The fraction of sp³-hybridized carbons (Fsp3) is 0.864. The molecule has 0 aliphatic rings. The number of aliphatic hydroxyl groups is 2. The van der Waals surface area contributed by atoms with Gasteiger partial charge in [-0.15, -0.1) is 0 Å². The van der Waals surface area contributed by atoms with Crippen LogP contribution in [0, 0.1) is 0 Å². The average Bonchev–Trinajstić information content (AvgIpc) is 2.67. The Bertz CT molecular complexity index is 564. The summed E-state index contributed by atoms with van der Waals surface area (Å²) in [6.45, 7) is 4.25. The predicted molar refractivity (Wildman–Crippen MR) is 121 cm³/mol. The van der Waals surface area contributed by atoms with Crippen LogP contribution in [0.4, 0.5) is 0 Å². The van der Waals surface area contributed by atoms with Gasteiger partial charge in [-0.25, -0.2) is 0 Å². The van der Waals surface area contributed by atoms with Gasteiger partial charge in [0.15, 0.2) is 0 Å². The second kappa shape index (κ2) is 17.7. The molecule has 0 aliphatic heterocycles. The van der Waals surface area contributed by atoms with Gasteiger partial charge in [-0.2, -0.15) is 8.42 Å². The van der Waals surface area contributed by atoms with Crippen LogP contribution in [0.1, 0.15) is 97.3 Å². The number of amides is 1. The number of nitrogens with one attached hydrogen (secondary N) is 1. The molecule has 0 aromatic carbocycles. The van der Waals surface area contributed by atoms with Crippen molar-refractivity contribution < 1.29 is 28.0 Å². The van der Waals surface area contributed by atoms with Gasteiger partial charge in [0.1, 0.15) is 6.10 Å². The van der Waals surface area contributed by atoms with Gasteiger partial charge in [0, 0.05) is 0 Å². The lowest BCUT2D eigenvalue weighted by Gasteiger charge is -2.22. The number of hydrogen-bond donors (Lipinski definition) is 4. The van der Waals surface area contributed by atoms with Crippen molar-refractivity contribution in [1.29, 1.82) is 0 Å². The zero-order chi connectivity index (χ0) is 22.8. The van der Waals surface area contributed by atoms with Crippen molar-refractivity contribution in [3.05, 3.63) is 12.2 Å². The van der Waals surface area contributed by atoms with Gasteiger partial charge >= 0.3 is 0 Å². The molecule has 3 unspecified atom stereocenters. The lowest BCUT2D eigenvalue weighted by atomic mass is 10.0. The van der Waals surface area contributed by atoms with Crippen molar-refractivity contribution in [2.75, 3.05) is 5.75 Å². The Morgan fingerprint density at radius 3 is 2.00 bits per heavy atom. The molecular formula is C22H43NO6S. The van der Waals surface area contributed by atoms with Crippen LogP contribution in [0.25, 0.3) is 0 Å². The predicted octanol–water partition coefficient (Wildman–Crippen LogP) is 3.75. The first kappa shape index (κ1) is 29.0. The molecule has 0 saturated carbocycles. The summed E-state index contributed by atoms with van der Waals surface area (Å²) in [7, 11) is -4.40. The van der Waals surface area contributed by atoms with E-state index in [1.165, 1.54) is 31.8 Å². The summed E-state index contributed by atoms with van der Waals surface area (Å²) in [6, 6.07) is -1.22. The number of aliphatic hydroxyl groups excluding tert-OH is 2. The largest absolute Gasteiger partial charge is 0.387 e. The van der Waals surface area contributed by atoms with Gasteiger partial charge in [0.05, 0.1) is 17.9 Å². The average molecular weight is 450 g/mol. The number of allylic oxidation sites excluding steroid dienone is 1. The van der Waals surface area contributed by atoms with Crippen LogP contribution in [0.2, 0.25) is 0 Å². The highest BCUT2D eigenvalue weighted by molar-refractivity contribution is 7.85. The minimum Gasteiger partial charge on any atom is -0.387 e. The Kier molecular flexibility index (Phi) is 17.1. The molecule has 3 atom stereocenters. The summed E-state index contributed by atoms with van der Waals surface area (Å²) in [5.41, 5.74) is 0. The van der Waals surface area contributed by atoms with E-state index >= 15 is 0 Å². The van der Waals surface area contributed by atoms with E-state index in [9.17, 15) is 23.4 Å². The number of hydrogen-bond acceptors (Lipinski definition) is 5. The molecule has 7 nitrogen and oxygen atoms in total. The molecule has 1 amide bonds. The van der Waals surface area contributed by atoms with Crippen LogP contribution in [0.5, 0.6) is 0 Å². The Labute approximate surface area is 183 Å². The van der Waals surface area contributed by atoms with Crippen molar-refractivity contribution in [1.82, 2.24) is 5.32 Å². The number of unbranched alkanes of at least 4 members (excludes halogenated alkanes) is 10. The van der Waals surface area contributed by atoms with Crippen molar-refractivity contribution >= 4 is 16.0 Å². The Balaban J connectivity index is 4.44. The van der Waals surface area contributed by atoms with Crippen LogP contribution in [-0.2, 0) is 14.9 Å². The van der Waals surface area contributed by atoms with E-state index in [0.717, 1.165) is 44.9 Å². The molecule has 0 saturated heterocycles. The summed E-state index contributed by atoms with van der Waals surface area (Å²) >= 11 is 0. The first-order valence-corrected chi connectivity index (χ1v) is 13.1. The van der Waals surface area contributed by atoms with E-state index < -0.39 is 40.0 Å². The molecule has 178 valence electrons. The summed E-state index contributed by atoms with van der Waals surface area (Å²) in [4.78, 5) is 12.2. The Morgan fingerprint density at radius 2 is 1.43 bits per heavy atom. The van der Waals surface area contributed by atoms with Crippen molar-refractivity contribution in [2.45, 2.75) is 116 Å². The van der Waals surface area contributed by atoms with Gasteiger partial charge in [-0.05, 0) is 19.3 Å². The SMILES string of the molecule is CCCCC/C=C/C(O)C(CS(=O)(=O)O)NC(=O)C(O)CCCCCCCCCC. The molecular weight excluding hydrogens is 406 g/mol. The molecule has 0 aliphatic carbocycles. The van der Waals surface area contributed by atoms with E-state index in [1.54, 1.807) is 6.08 Å². The third-order valence-electron chi connectivity index (χ3n) is 5.07. The molecule has 0 fully saturated rings. The number of carbonyl (C=O) groups is 1. The van der Waals surface area contributed by atoms with E-state index in [1.807, 2.05) is 0 Å². The topological polar surface area (TPSA) is 124 Å². The quantitative estimate of drug-likeness (QED) is 0.135. The van der Waals surface area contributed by atoms with Crippen molar-refractivity contribution in [3.63, 3.8) is 0 Å². The number of carbonyl (C=O) groups excluding carboxylic acids is 1. The van der Waals surface area contributed by atoms with Crippen LogP contribution in [0.3, 0.4) is 0 Å². The molecule has 8 heteroatoms. The molecule has 0 rings (SSSR count). The molecule has 0 spiro atoms. The maximum Gasteiger partial charge on any atom is 0.267 e. The summed E-state index contributed by atoms with van der Waals surface area (Å²) < 4.78 is 31.6. The standard InChI is InChI=1S/C22H43NO6S/c1-3-5-7-9-10-11-13-15-17-21(25)22(26)23-19(18-30(27,28)29)20(24)16-14-12-8-6-4-2/h14,16,19-21,24-25H,3-13,15,17-18H2,1-2H3,(H,23,26)(H,27,28,29)/b16-14+. The second-order valence-electron chi connectivity index (χ2n) is 8.06. The summed E-state index contributed by atoms with van der Waals surface area (Å²) in [6.07, 6.45) is 13.5. The smallest absolute Gasteiger partial charge is 0.267 e. The lowest BCUT2D eigenvalue weighted by molar-refractivity contribution is -0.130. The fourth-order valence-electron chi connectivity index (χ4n) is 3.22. The third kappa shape index (κ3) is 16.8. The van der Waals surface area contributed by atoms with Crippen LogP contribution in [0.15, 0.2) is 12.2 Å². The van der Waals surface area contributed by atoms with Gasteiger partial charge in [-0.1, -0.05) is 90.2 Å². The van der Waals surface area contributed by atoms with Gasteiger partial charge in [0.25, 0.3) is 10.1 Å². The molecule has 0 radical (unpaired) electrons. The molecule has 0 heterocycles. The summed E-state index contributed by atoms with van der Waals surface area (Å²) in [5, 5.41) is 22.7. The van der Waals surface area contributed by atoms with E-state index in [2.05, 4.69) is 19.2 Å². The maximum absolute atomic E-state index is 12.2. The van der Waals surface area contributed by atoms with Gasteiger partial charge in [0.2, 0.25) is 5.91 Å². The van der Waals surface area contributed by atoms with E-state index in [-0.39, 0.29) is 6.42 Å². The van der Waals surface area contributed by atoms with Crippen molar-refractivity contribution in [3.8, 4) is 0 Å². The van der Waals surface area contributed by atoms with Gasteiger partial charge < -0.3 is 15.5 Å². The molecule has 4 N–H and O–H groups in total. The minimum atomic E-state index is -4.40. The van der Waals surface area contributed by atoms with Crippen molar-refractivity contribution in [2.24, 2.45) is 0 Å². The van der Waals surface area contributed by atoms with Crippen LogP contribution in [-0.4, -0.2) is 53.1 Å². The first-order chi connectivity index (χ1) is 14.2. The zero-order valence-corrected chi connectivity index (χ0v) is 19.6. The van der Waals surface area contributed by atoms with E-state index in [4.69, 9.17) is 4.55 Å². The Hall–Kier alpha value is -0.960. The number of rotatable bonds is 19. The highest BCUT2D eigenvalue weighted by Gasteiger charge is 2.27. The highest BCUT2D eigenvalue weighted by Crippen LogP contribution is 2.11.